The lowest BCUT2D eigenvalue weighted by Gasteiger charge is -2.30. The molecule has 2 aliphatic rings. The first kappa shape index (κ1) is 24.6. The van der Waals surface area contributed by atoms with Gasteiger partial charge in [0.25, 0.3) is 0 Å². The highest BCUT2D eigenvalue weighted by Crippen LogP contribution is 2.24. The minimum absolute atomic E-state index is 0. The number of thiophene rings is 1. The number of amides is 1. The van der Waals surface area contributed by atoms with Crippen molar-refractivity contribution >= 4 is 58.0 Å². The highest BCUT2D eigenvalue weighted by atomic mass is 127. The maximum Gasteiger partial charge on any atom is 0.224 e. The molecule has 2 N–H and O–H groups in total. The summed E-state index contributed by atoms with van der Waals surface area (Å²) in [6.45, 7) is 4.12. The third-order valence-electron chi connectivity index (χ3n) is 5.64. The van der Waals surface area contributed by atoms with Gasteiger partial charge in [0, 0.05) is 65.8 Å². The molecule has 0 aromatic carbocycles. The van der Waals surface area contributed by atoms with E-state index < -0.39 is 10.8 Å². The smallest absolute Gasteiger partial charge is 0.224 e. The van der Waals surface area contributed by atoms with E-state index in [4.69, 9.17) is 0 Å². The molecule has 1 amide bonds. The van der Waals surface area contributed by atoms with E-state index in [1.165, 1.54) is 10.4 Å². The summed E-state index contributed by atoms with van der Waals surface area (Å²) in [6, 6.07) is 2.43. The van der Waals surface area contributed by atoms with E-state index in [1.54, 1.807) is 18.4 Å². The quantitative estimate of drug-likeness (QED) is 0.324. The molecule has 3 rings (SSSR count). The molecule has 3 atom stereocenters. The maximum absolute atomic E-state index is 12.5. The number of nitrogens with zero attached hydrogens (tertiary/aromatic N) is 2. The van der Waals surface area contributed by atoms with Gasteiger partial charge in [0.2, 0.25) is 5.91 Å². The van der Waals surface area contributed by atoms with Crippen molar-refractivity contribution in [1.82, 2.24) is 15.5 Å². The summed E-state index contributed by atoms with van der Waals surface area (Å²) in [7, 11) is 1.03. The molecular formula is C20H33IN4O2S2. The summed E-state index contributed by atoms with van der Waals surface area (Å²) in [4.78, 5) is 20.2. The normalized spacial score (nSPS) is 23.0. The van der Waals surface area contributed by atoms with Crippen LogP contribution in [0.1, 0.15) is 49.5 Å². The Morgan fingerprint density at radius 1 is 1.41 bits per heavy atom. The number of halogens is 1. The van der Waals surface area contributed by atoms with Crippen LogP contribution in [0.2, 0.25) is 0 Å². The van der Waals surface area contributed by atoms with Crippen molar-refractivity contribution in [3.05, 3.63) is 21.9 Å². The van der Waals surface area contributed by atoms with Gasteiger partial charge in [-0.1, -0.05) is 13.3 Å². The summed E-state index contributed by atoms with van der Waals surface area (Å²) in [5, 5.41) is 9.14. The van der Waals surface area contributed by atoms with Crippen LogP contribution in [0.4, 0.5) is 0 Å². The van der Waals surface area contributed by atoms with Crippen LogP contribution in [0.25, 0.3) is 0 Å². The number of hydrogen-bond donors (Lipinski definition) is 2. The van der Waals surface area contributed by atoms with E-state index >= 15 is 0 Å². The summed E-state index contributed by atoms with van der Waals surface area (Å²) in [5.41, 5.74) is 1.30. The van der Waals surface area contributed by atoms with Gasteiger partial charge in [-0.15, -0.1) is 35.3 Å². The highest BCUT2D eigenvalue weighted by molar-refractivity contribution is 14.0. The molecule has 9 heteroatoms. The van der Waals surface area contributed by atoms with Gasteiger partial charge in [0.05, 0.1) is 0 Å². The zero-order valence-corrected chi connectivity index (χ0v) is 21.3. The maximum atomic E-state index is 12.5. The number of nitrogens with one attached hydrogen (secondary N) is 2. The molecule has 1 aromatic heterocycles. The zero-order chi connectivity index (χ0) is 19.9. The van der Waals surface area contributed by atoms with E-state index in [0.29, 0.717) is 19.0 Å². The topological polar surface area (TPSA) is 73.8 Å². The number of guanidine groups is 1. The van der Waals surface area contributed by atoms with E-state index in [9.17, 15) is 9.00 Å². The Morgan fingerprint density at radius 3 is 3.00 bits per heavy atom. The van der Waals surface area contributed by atoms with Crippen molar-refractivity contribution in [2.24, 2.45) is 4.99 Å². The molecule has 1 saturated carbocycles. The molecule has 1 aromatic rings. The SMILES string of the molecule is CCS(=O)C1CCCC(NC(=NC)NCCC(=O)N2CCc3sccc3C2)C1.I. The summed E-state index contributed by atoms with van der Waals surface area (Å²) < 4.78 is 12.1. The fraction of sp³-hybridized carbons (Fsp3) is 0.700. The monoisotopic (exact) mass is 552 g/mol. The molecular weight excluding hydrogens is 519 g/mol. The van der Waals surface area contributed by atoms with Crippen LogP contribution >= 0.6 is 35.3 Å². The second-order valence-electron chi connectivity index (χ2n) is 7.48. The summed E-state index contributed by atoms with van der Waals surface area (Å²) in [5.74, 6) is 1.66. The Hall–Kier alpha value is -0.680. The Kier molecular flexibility index (Phi) is 10.4. The lowest BCUT2D eigenvalue weighted by atomic mass is 9.95. The molecule has 0 spiro atoms. The Labute approximate surface area is 197 Å². The molecule has 1 fully saturated rings. The fourth-order valence-electron chi connectivity index (χ4n) is 4.05. The minimum atomic E-state index is -0.728. The predicted octanol–water partition coefficient (Wildman–Crippen LogP) is 2.89. The average molecular weight is 553 g/mol. The van der Waals surface area contributed by atoms with Gasteiger partial charge in [-0.05, 0) is 42.7 Å². The molecule has 29 heavy (non-hydrogen) atoms. The molecule has 0 radical (unpaired) electrons. The predicted molar refractivity (Wildman–Crippen MR) is 133 cm³/mol. The third kappa shape index (κ3) is 6.92. The van der Waals surface area contributed by atoms with Crippen LogP contribution in [-0.4, -0.2) is 58.2 Å². The molecule has 0 bridgehead atoms. The van der Waals surface area contributed by atoms with Gasteiger partial charge in [0.1, 0.15) is 0 Å². The van der Waals surface area contributed by atoms with Crippen LogP contribution < -0.4 is 10.6 Å². The Morgan fingerprint density at radius 2 is 2.24 bits per heavy atom. The van der Waals surface area contributed by atoms with Crippen molar-refractivity contribution in [3.63, 3.8) is 0 Å². The molecule has 1 aliphatic heterocycles. The number of hydrogen-bond acceptors (Lipinski definition) is 4. The molecule has 3 unspecified atom stereocenters. The van der Waals surface area contributed by atoms with Crippen molar-refractivity contribution in [2.75, 3.05) is 25.9 Å². The van der Waals surface area contributed by atoms with E-state index in [1.807, 2.05) is 11.8 Å². The largest absolute Gasteiger partial charge is 0.356 e. The van der Waals surface area contributed by atoms with E-state index in [2.05, 4.69) is 27.1 Å². The van der Waals surface area contributed by atoms with Crippen LogP contribution in [0.15, 0.2) is 16.4 Å². The zero-order valence-electron chi connectivity index (χ0n) is 17.3. The third-order valence-corrected chi connectivity index (χ3v) is 8.40. The van der Waals surface area contributed by atoms with Crippen molar-refractivity contribution < 1.29 is 9.00 Å². The molecule has 164 valence electrons. The van der Waals surface area contributed by atoms with Gasteiger partial charge in [0.15, 0.2) is 5.96 Å². The molecule has 2 heterocycles. The Balaban J connectivity index is 0.00000300. The van der Waals surface area contributed by atoms with Gasteiger partial charge in [-0.2, -0.15) is 0 Å². The second-order valence-corrected chi connectivity index (χ2v) is 10.5. The molecule has 1 aliphatic carbocycles. The molecule has 6 nitrogen and oxygen atoms in total. The lowest BCUT2D eigenvalue weighted by molar-refractivity contribution is -0.131. The van der Waals surface area contributed by atoms with Gasteiger partial charge in [-0.3, -0.25) is 14.0 Å². The standard InChI is InChI=1S/C20H32N4O2S2.HI/c1-3-28(26)17-6-4-5-16(13-17)23-20(21-2)22-10-7-19(25)24-11-8-18-15(14-24)9-12-27-18;/h9,12,16-17H,3-8,10-11,13-14H2,1-2H3,(H2,21,22,23);1H. The minimum Gasteiger partial charge on any atom is -0.356 e. The van der Waals surface area contributed by atoms with Crippen LogP contribution in [0, 0.1) is 0 Å². The number of rotatable bonds is 6. The number of fused-ring (bicyclic) bond motifs is 1. The first-order valence-electron chi connectivity index (χ1n) is 10.3. The van der Waals surface area contributed by atoms with Crippen LogP contribution in [0.3, 0.4) is 0 Å². The van der Waals surface area contributed by atoms with Crippen LogP contribution in [-0.2, 0) is 28.6 Å². The number of carbonyl (C=O) groups is 1. The van der Waals surface area contributed by atoms with Gasteiger partial charge in [-0.25, -0.2) is 0 Å². The van der Waals surface area contributed by atoms with Crippen molar-refractivity contribution in [3.8, 4) is 0 Å². The first-order valence-corrected chi connectivity index (χ1v) is 12.5. The number of carbonyl (C=O) groups excluding carboxylic acids is 1. The summed E-state index contributed by atoms with van der Waals surface area (Å²) >= 11 is 1.79. The molecule has 0 saturated heterocycles. The first-order chi connectivity index (χ1) is 13.6. The number of aliphatic imine (C=N–C) groups is 1. The van der Waals surface area contributed by atoms with Crippen LogP contribution in [0.5, 0.6) is 0 Å². The van der Waals surface area contributed by atoms with Crippen molar-refractivity contribution in [1.29, 1.82) is 0 Å². The highest BCUT2D eigenvalue weighted by Gasteiger charge is 2.26. The van der Waals surface area contributed by atoms with Crippen molar-refractivity contribution in [2.45, 2.75) is 63.3 Å². The van der Waals surface area contributed by atoms with Gasteiger partial charge < -0.3 is 15.5 Å². The Bertz CT molecular complexity index is 725. The van der Waals surface area contributed by atoms with E-state index in [0.717, 1.165) is 56.9 Å². The summed E-state index contributed by atoms with van der Waals surface area (Å²) in [6.07, 6.45) is 5.60. The van der Waals surface area contributed by atoms with E-state index in [-0.39, 0.29) is 35.1 Å². The lowest BCUT2D eigenvalue weighted by Crippen LogP contribution is -2.47. The second kappa shape index (κ2) is 12.2. The fourth-order valence-corrected chi connectivity index (χ4v) is 6.28. The van der Waals surface area contributed by atoms with Gasteiger partial charge >= 0.3 is 0 Å². The average Bonchev–Trinajstić information content (AvgIpc) is 3.20.